The maximum atomic E-state index is 9.91. The van der Waals surface area contributed by atoms with Crippen molar-refractivity contribution in [2.75, 3.05) is 17.2 Å². The molecular formula is C30H48N6O. The van der Waals surface area contributed by atoms with Crippen LogP contribution in [-0.4, -0.2) is 44.8 Å². The van der Waals surface area contributed by atoms with Crippen LogP contribution in [0.1, 0.15) is 97.0 Å². The van der Waals surface area contributed by atoms with E-state index in [-0.39, 0.29) is 6.10 Å². The predicted octanol–water partition coefficient (Wildman–Crippen LogP) is 6.16. The lowest BCUT2D eigenvalue weighted by Gasteiger charge is -2.34. The fraction of sp³-hybridized carbons (Fsp3) is 0.700. The summed E-state index contributed by atoms with van der Waals surface area (Å²) in [6.07, 6.45) is 16.1. The van der Waals surface area contributed by atoms with Crippen molar-refractivity contribution in [3.8, 4) is 11.3 Å². The fourth-order valence-corrected chi connectivity index (χ4v) is 6.06. The maximum Gasteiger partial charge on any atom is 0.224 e. The van der Waals surface area contributed by atoms with Gasteiger partial charge in [0.2, 0.25) is 5.95 Å². The molecule has 7 nitrogen and oxygen atoms in total. The van der Waals surface area contributed by atoms with Gasteiger partial charge in [-0.25, -0.2) is 4.98 Å². The highest BCUT2D eigenvalue weighted by molar-refractivity contribution is 5.73. The largest absolute Gasteiger partial charge is 0.393 e. The average Bonchev–Trinajstić information content (AvgIpc) is 2.89. The summed E-state index contributed by atoms with van der Waals surface area (Å²) in [5.41, 5.74) is 3.02. The van der Waals surface area contributed by atoms with E-state index in [4.69, 9.17) is 9.97 Å². The molecule has 0 bridgehead atoms. The minimum atomic E-state index is -0.175. The highest BCUT2D eigenvalue weighted by Gasteiger charge is 2.26. The minimum absolute atomic E-state index is 0.175. The lowest BCUT2D eigenvalue weighted by Crippen LogP contribution is -2.36. The molecule has 3 atom stereocenters. The number of nitrogens with one attached hydrogen (secondary N) is 3. The van der Waals surface area contributed by atoms with E-state index in [2.05, 4.69) is 53.8 Å². The molecule has 37 heavy (non-hydrogen) atoms. The predicted molar refractivity (Wildman–Crippen MR) is 153 cm³/mol. The van der Waals surface area contributed by atoms with Gasteiger partial charge in [-0.05, 0) is 74.8 Å². The minimum Gasteiger partial charge on any atom is -0.393 e. The van der Waals surface area contributed by atoms with Gasteiger partial charge in [0, 0.05) is 37.6 Å². The van der Waals surface area contributed by atoms with E-state index >= 15 is 0 Å². The molecule has 2 aromatic rings. The first kappa shape index (κ1) is 27.8. The molecule has 0 aliphatic heterocycles. The molecule has 0 aromatic carbocycles. The van der Waals surface area contributed by atoms with Crippen LogP contribution in [0, 0.1) is 11.8 Å². The van der Waals surface area contributed by atoms with Crippen molar-refractivity contribution in [1.29, 1.82) is 0 Å². The second-order valence-electron chi connectivity index (χ2n) is 11.5. The van der Waals surface area contributed by atoms with Gasteiger partial charge >= 0.3 is 0 Å². The smallest absolute Gasteiger partial charge is 0.224 e. The lowest BCUT2D eigenvalue weighted by molar-refractivity contribution is 0.126. The van der Waals surface area contributed by atoms with E-state index < -0.39 is 0 Å². The Balaban J connectivity index is 1.42. The summed E-state index contributed by atoms with van der Waals surface area (Å²) in [5.74, 6) is 3.15. The third-order valence-electron chi connectivity index (χ3n) is 8.07. The van der Waals surface area contributed by atoms with Gasteiger partial charge in [0.15, 0.2) is 0 Å². The van der Waals surface area contributed by atoms with Crippen LogP contribution in [0.25, 0.3) is 11.3 Å². The second kappa shape index (κ2) is 14.1. The van der Waals surface area contributed by atoms with Gasteiger partial charge in [0.1, 0.15) is 5.82 Å². The second-order valence-corrected chi connectivity index (χ2v) is 11.5. The van der Waals surface area contributed by atoms with Crippen LogP contribution in [0.2, 0.25) is 0 Å². The van der Waals surface area contributed by atoms with E-state index in [0.717, 1.165) is 80.5 Å². The molecule has 0 saturated heterocycles. The van der Waals surface area contributed by atoms with Gasteiger partial charge in [0.25, 0.3) is 0 Å². The average molecular weight is 509 g/mol. The zero-order valence-electron chi connectivity index (χ0n) is 23.2. The third kappa shape index (κ3) is 8.37. The number of aliphatic hydroxyl groups is 1. The van der Waals surface area contributed by atoms with Crippen molar-refractivity contribution in [3.05, 3.63) is 30.1 Å². The summed E-state index contributed by atoms with van der Waals surface area (Å²) in [6.45, 7) is 8.61. The van der Waals surface area contributed by atoms with E-state index in [1.54, 1.807) is 0 Å². The van der Waals surface area contributed by atoms with Crippen molar-refractivity contribution < 1.29 is 5.11 Å². The van der Waals surface area contributed by atoms with Crippen molar-refractivity contribution in [1.82, 2.24) is 20.3 Å². The molecule has 4 N–H and O–H groups in total. The number of hydrogen-bond acceptors (Lipinski definition) is 7. The number of unbranched alkanes of at least 4 members (excludes halogenated alkanes) is 1. The number of pyridine rings is 1. The Kier molecular flexibility index (Phi) is 10.6. The molecule has 2 saturated carbocycles. The normalized spacial score (nSPS) is 26.1. The van der Waals surface area contributed by atoms with E-state index in [0.29, 0.717) is 18.0 Å². The summed E-state index contributed by atoms with van der Waals surface area (Å²) in [5, 5.41) is 20.7. The molecule has 2 aromatic heterocycles. The molecule has 2 aliphatic carbocycles. The number of rotatable bonds is 12. The molecule has 0 radical (unpaired) electrons. The van der Waals surface area contributed by atoms with Crippen LogP contribution in [0.4, 0.5) is 11.8 Å². The quantitative estimate of drug-likeness (QED) is 0.255. The van der Waals surface area contributed by atoms with E-state index in [1.807, 2.05) is 12.4 Å². The third-order valence-corrected chi connectivity index (χ3v) is 8.07. The van der Waals surface area contributed by atoms with E-state index in [9.17, 15) is 5.11 Å². The number of hydrogen-bond donors (Lipinski definition) is 4. The topological polar surface area (TPSA) is 95.0 Å². The van der Waals surface area contributed by atoms with Gasteiger partial charge < -0.3 is 21.1 Å². The highest BCUT2D eigenvalue weighted by atomic mass is 16.3. The molecule has 7 heteroatoms. The Bertz CT molecular complexity index is 944. The summed E-state index contributed by atoms with van der Waals surface area (Å²) in [6, 6.07) is 5.18. The van der Waals surface area contributed by atoms with Gasteiger partial charge in [-0.3, -0.25) is 4.98 Å². The fourth-order valence-electron chi connectivity index (χ4n) is 6.06. The Morgan fingerprint density at radius 2 is 1.78 bits per heavy atom. The monoisotopic (exact) mass is 508 g/mol. The maximum absolute atomic E-state index is 9.91. The first-order valence-electron chi connectivity index (χ1n) is 14.8. The number of anilines is 2. The molecule has 4 rings (SSSR count). The van der Waals surface area contributed by atoms with Gasteiger partial charge in [-0.2, -0.15) is 4.98 Å². The van der Waals surface area contributed by atoms with Gasteiger partial charge in [-0.15, -0.1) is 0 Å². The van der Waals surface area contributed by atoms with Crippen molar-refractivity contribution in [2.45, 2.75) is 116 Å². The molecule has 2 aliphatic rings. The highest BCUT2D eigenvalue weighted by Crippen LogP contribution is 2.32. The Hall–Kier alpha value is -2.25. The Labute approximate surface area is 223 Å². The molecule has 3 unspecified atom stereocenters. The van der Waals surface area contributed by atoms with Crippen LogP contribution in [0.5, 0.6) is 0 Å². The zero-order chi connectivity index (χ0) is 26.0. The number of aromatic nitrogens is 3. The zero-order valence-corrected chi connectivity index (χ0v) is 23.2. The van der Waals surface area contributed by atoms with Crippen LogP contribution in [-0.2, 0) is 6.54 Å². The molecular weight excluding hydrogens is 460 g/mol. The molecule has 2 heterocycles. The molecule has 0 spiro atoms. The van der Waals surface area contributed by atoms with Crippen molar-refractivity contribution in [2.24, 2.45) is 11.8 Å². The molecule has 204 valence electrons. The summed E-state index contributed by atoms with van der Waals surface area (Å²) in [7, 11) is 0. The van der Waals surface area contributed by atoms with Crippen LogP contribution < -0.4 is 16.0 Å². The van der Waals surface area contributed by atoms with E-state index in [1.165, 1.54) is 37.7 Å². The van der Waals surface area contributed by atoms with Crippen molar-refractivity contribution in [3.63, 3.8) is 0 Å². The van der Waals surface area contributed by atoms with Gasteiger partial charge in [-0.1, -0.05) is 46.1 Å². The Morgan fingerprint density at radius 3 is 2.51 bits per heavy atom. The van der Waals surface area contributed by atoms with Gasteiger partial charge in [0.05, 0.1) is 17.4 Å². The van der Waals surface area contributed by atoms with Crippen LogP contribution in [0.15, 0.2) is 24.5 Å². The summed E-state index contributed by atoms with van der Waals surface area (Å²) < 4.78 is 0. The number of aliphatic hydroxyl groups excluding tert-OH is 1. The van der Waals surface area contributed by atoms with Crippen LogP contribution in [0.3, 0.4) is 0 Å². The summed E-state index contributed by atoms with van der Waals surface area (Å²) >= 11 is 0. The van der Waals surface area contributed by atoms with Crippen LogP contribution >= 0.6 is 0 Å². The molecule has 0 amide bonds. The first-order valence-corrected chi connectivity index (χ1v) is 14.8. The van der Waals surface area contributed by atoms with Crippen molar-refractivity contribution >= 4 is 11.8 Å². The SMILES string of the molecule is CCCCNc1ncc(-c2ccc(CNC3CC(C)CC(CCC)C3)cn2)c(NC2CCC(O)CC2)n1. The number of nitrogens with zero attached hydrogens (tertiary/aromatic N) is 3. The first-order chi connectivity index (χ1) is 18.0. The lowest BCUT2D eigenvalue weighted by atomic mass is 9.77. The molecule has 2 fully saturated rings. The standard InChI is InChI=1S/C30H48N6O/c1-4-6-14-31-30-34-20-27(29(36-30)35-24-9-11-26(37)12-10-24)28-13-8-23(19-33-28)18-32-25-16-21(3)15-22(17-25)7-5-2/h8,13,19-22,24-26,32,37H,4-7,9-12,14-18H2,1-3H3,(H2,31,34,35,36). The summed E-state index contributed by atoms with van der Waals surface area (Å²) in [4.78, 5) is 14.2. The Morgan fingerprint density at radius 1 is 0.946 bits per heavy atom.